The van der Waals surface area contributed by atoms with E-state index >= 15 is 0 Å². The van der Waals surface area contributed by atoms with E-state index < -0.39 is 0 Å². The number of hydrogen-bond acceptors (Lipinski definition) is 1. The summed E-state index contributed by atoms with van der Waals surface area (Å²) in [6.45, 7) is 2.55. The summed E-state index contributed by atoms with van der Waals surface area (Å²) in [6.07, 6.45) is 11.8. The van der Waals surface area contributed by atoms with Crippen molar-refractivity contribution in [3.8, 4) is 0 Å². The maximum absolute atomic E-state index is 2.61. The standard InChI is InChI=1S/C18H27N/c1-3-8-16(9-4-1)14-17-10-7-13-19(15-17)18-11-5-2-6-12-18/h2,5-6,11-12,16-17H,1,3-4,7-10,13-15H2/t17-/m1/s1. The van der Waals surface area contributed by atoms with Gasteiger partial charge in [-0.15, -0.1) is 0 Å². The van der Waals surface area contributed by atoms with Crippen molar-refractivity contribution in [3.05, 3.63) is 30.3 Å². The summed E-state index contributed by atoms with van der Waals surface area (Å²) >= 11 is 0. The highest BCUT2D eigenvalue weighted by Gasteiger charge is 2.24. The van der Waals surface area contributed by atoms with Gasteiger partial charge in [0.1, 0.15) is 0 Å². The second-order valence-corrected chi connectivity index (χ2v) is 6.53. The Morgan fingerprint density at radius 2 is 1.58 bits per heavy atom. The molecule has 1 heterocycles. The van der Waals surface area contributed by atoms with E-state index in [2.05, 4.69) is 35.2 Å². The lowest BCUT2D eigenvalue weighted by molar-refractivity contribution is 0.266. The second-order valence-electron chi connectivity index (χ2n) is 6.53. The summed E-state index contributed by atoms with van der Waals surface area (Å²) in [5.41, 5.74) is 1.43. The number of benzene rings is 1. The van der Waals surface area contributed by atoms with E-state index in [1.165, 1.54) is 70.1 Å². The Balaban J connectivity index is 1.55. The van der Waals surface area contributed by atoms with Gasteiger partial charge in [0.25, 0.3) is 0 Å². The molecule has 1 aromatic carbocycles. The van der Waals surface area contributed by atoms with E-state index in [1.807, 2.05) is 0 Å². The Morgan fingerprint density at radius 3 is 2.37 bits per heavy atom. The fraction of sp³-hybridized carbons (Fsp3) is 0.667. The van der Waals surface area contributed by atoms with Gasteiger partial charge in [0, 0.05) is 18.8 Å². The molecule has 3 rings (SSSR count). The minimum atomic E-state index is 0.942. The van der Waals surface area contributed by atoms with Gasteiger partial charge in [0.2, 0.25) is 0 Å². The van der Waals surface area contributed by atoms with Gasteiger partial charge in [-0.1, -0.05) is 50.3 Å². The molecule has 1 saturated carbocycles. The molecule has 19 heavy (non-hydrogen) atoms. The summed E-state index contributed by atoms with van der Waals surface area (Å²) < 4.78 is 0. The predicted octanol–water partition coefficient (Wildman–Crippen LogP) is 4.87. The monoisotopic (exact) mass is 257 g/mol. The molecule has 1 aromatic rings. The zero-order valence-corrected chi connectivity index (χ0v) is 12.1. The lowest BCUT2D eigenvalue weighted by Crippen LogP contribution is -2.36. The van der Waals surface area contributed by atoms with Crippen LogP contribution in [0.5, 0.6) is 0 Å². The minimum Gasteiger partial charge on any atom is -0.371 e. The molecule has 104 valence electrons. The van der Waals surface area contributed by atoms with Crippen molar-refractivity contribution in [2.75, 3.05) is 18.0 Å². The third-order valence-electron chi connectivity index (χ3n) is 5.03. The number of piperidine rings is 1. The molecule has 1 aliphatic carbocycles. The topological polar surface area (TPSA) is 3.24 Å². The van der Waals surface area contributed by atoms with Gasteiger partial charge in [-0.25, -0.2) is 0 Å². The molecule has 2 aliphatic rings. The number of para-hydroxylation sites is 1. The van der Waals surface area contributed by atoms with Crippen LogP contribution in [0.25, 0.3) is 0 Å². The highest BCUT2D eigenvalue weighted by atomic mass is 15.1. The van der Waals surface area contributed by atoms with Crippen molar-refractivity contribution in [3.63, 3.8) is 0 Å². The highest BCUT2D eigenvalue weighted by molar-refractivity contribution is 5.46. The maximum atomic E-state index is 2.61. The Hall–Kier alpha value is -0.980. The van der Waals surface area contributed by atoms with Gasteiger partial charge in [0.05, 0.1) is 0 Å². The van der Waals surface area contributed by atoms with Crippen LogP contribution in [-0.2, 0) is 0 Å². The van der Waals surface area contributed by atoms with Crippen LogP contribution in [0.2, 0.25) is 0 Å². The highest BCUT2D eigenvalue weighted by Crippen LogP contribution is 2.33. The minimum absolute atomic E-state index is 0.942. The lowest BCUT2D eigenvalue weighted by Gasteiger charge is -2.36. The summed E-state index contributed by atoms with van der Waals surface area (Å²) in [6, 6.07) is 11.0. The first-order chi connectivity index (χ1) is 9.42. The second kappa shape index (κ2) is 6.45. The van der Waals surface area contributed by atoms with Crippen molar-refractivity contribution in [1.82, 2.24) is 0 Å². The molecule has 0 radical (unpaired) electrons. The smallest absolute Gasteiger partial charge is 0.0366 e. The SMILES string of the molecule is c1ccc(N2CCC[C@H](CC3CCCCC3)C2)cc1. The Labute approximate surface area is 118 Å². The predicted molar refractivity (Wildman–Crippen MR) is 82.6 cm³/mol. The maximum Gasteiger partial charge on any atom is 0.0366 e. The molecule has 0 unspecified atom stereocenters. The first-order valence-corrected chi connectivity index (χ1v) is 8.22. The Morgan fingerprint density at radius 1 is 0.842 bits per heavy atom. The van der Waals surface area contributed by atoms with Crippen LogP contribution >= 0.6 is 0 Å². The van der Waals surface area contributed by atoms with Crippen LogP contribution in [0, 0.1) is 11.8 Å². The molecule has 0 bridgehead atoms. The molecule has 0 spiro atoms. The first-order valence-electron chi connectivity index (χ1n) is 8.22. The van der Waals surface area contributed by atoms with Crippen molar-refractivity contribution >= 4 is 5.69 Å². The van der Waals surface area contributed by atoms with Crippen molar-refractivity contribution in [1.29, 1.82) is 0 Å². The first kappa shape index (κ1) is 13.0. The molecule has 1 nitrogen and oxygen atoms in total. The van der Waals surface area contributed by atoms with Crippen LogP contribution in [0.4, 0.5) is 5.69 Å². The largest absolute Gasteiger partial charge is 0.371 e. The molecular weight excluding hydrogens is 230 g/mol. The van der Waals surface area contributed by atoms with Crippen LogP contribution in [0.15, 0.2) is 30.3 Å². The van der Waals surface area contributed by atoms with Gasteiger partial charge >= 0.3 is 0 Å². The molecular formula is C18H27N. The van der Waals surface area contributed by atoms with E-state index in [4.69, 9.17) is 0 Å². The summed E-state index contributed by atoms with van der Waals surface area (Å²) in [7, 11) is 0. The van der Waals surface area contributed by atoms with Crippen LogP contribution in [-0.4, -0.2) is 13.1 Å². The third-order valence-corrected chi connectivity index (χ3v) is 5.03. The molecule has 1 aliphatic heterocycles. The fourth-order valence-electron chi connectivity index (χ4n) is 4.03. The summed E-state index contributed by atoms with van der Waals surface area (Å²) in [5.74, 6) is 1.98. The van der Waals surface area contributed by atoms with Gasteiger partial charge < -0.3 is 4.90 Å². The van der Waals surface area contributed by atoms with Crippen LogP contribution in [0.3, 0.4) is 0 Å². The van der Waals surface area contributed by atoms with Crippen LogP contribution in [0.1, 0.15) is 51.4 Å². The third kappa shape index (κ3) is 3.52. The van der Waals surface area contributed by atoms with E-state index in [-0.39, 0.29) is 0 Å². The Bertz CT molecular complexity index is 367. The fourth-order valence-corrected chi connectivity index (χ4v) is 4.03. The van der Waals surface area contributed by atoms with Crippen molar-refractivity contribution < 1.29 is 0 Å². The van der Waals surface area contributed by atoms with Crippen LogP contribution < -0.4 is 4.90 Å². The number of nitrogens with zero attached hydrogens (tertiary/aromatic N) is 1. The van der Waals surface area contributed by atoms with Gasteiger partial charge in [-0.3, -0.25) is 0 Å². The molecule has 0 amide bonds. The van der Waals surface area contributed by atoms with E-state index in [0.717, 1.165) is 11.8 Å². The normalized spacial score (nSPS) is 25.5. The zero-order valence-electron chi connectivity index (χ0n) is 12.1. The quantitative estimate of drug-likeness (QED) is 0.746. The molecule has 0 aromatic heterocycles. The molecule has 1 heteroatoms. The summed E-state index contributed by atoms with van der Waals surface area (Å²) in [5, 5.41) is 0. The zero-order chi connectivity index (χ0) is 12.9. The summed E-state index contributed by atoms with van der Waals surface area (Å²) in [4.78, 5) is 2.61. The molecule has 0 N–H and O–H groups in total. The van der Waals surface area contributed by atoms with E-state index in [0.29, 0.717) is 0 Å². The molecule has 2 fully saturated rings. The number of anilines is 1. The van der Waals surface area contributed by atoms with Gasteiger partial charge in [-0.2, -0.15) is 0 Å². The molecule has 1 atom stereocenters. The number of hydrogen-bond donors (Lipinski definition) is 0. The van der Waals surface area contributed by atoms with E-state index in [1.54, 1.807) is 0 Å². The van der Waals surface area contributed by atoms with Gasteiger partial charge in [-0.05, 0) is 43.2 Å². The van der Waals surface area contributed by atoms with E-state index in [9.17, 15) is 0 Å². The Kier molecular flexibility index (Phi) is 4.42. The van der Waals surface area contributed by atoms with Crippen molar-refractivity contribution in [2.24, 2.45) is 11.8 Å². The average Bonchev–Trinajstić information content (AvgIpc) is 2.49. The molecule has 1 saturated heterocycles. The average molecular weight is 257 g/mol. The van der Waals surface area contributed by atoms with Gasteiger partial charge in [0.15, 0.2) is 0 Å². The lowest BCUT2D eigenvalue weighted by atomic mass is 9.80. The van der Waals surface area contributed by atoms with Crippen molar-refractivity contribution in [2.45, 2.75) is 51.4 Å². The number of rotatable bonds is 3.